The lowest BCUT2D eigenvalue weighted by Gasteiger charge is -2.29. The van der Waals surface area contributed by atoms with E-state index in [4.69, 9.17) is 14.3 Å². The maximum atomic E-state index is 11.0. The Morgan fingerprint density at radius 3 is 3.10 bits per heavy atom. The number of carbonyl (C=O) groups is 1. The average Bonchev–Trinajstić information content (AvgIpc) is 3.01. The molecule has 6 heteroatoms. The summed E-state index contributed by atoms with van der Waals surface area (Å²) >= 11 is 0. The van der Waals surface area contributed by atoms with Gasteiger partial charge in [0.15, 0.2) is 0 Å². The number of hydrogen-bond donors (Lipinski definition) is 1. The number of likely N-dealkylation sites (N-methyl/N-ethyl adjacent to an activating group) is 1. The van der Waals surface area contributed by atoms with E-state index in [9.17, 15) is 4.79 Å². The molecule has 0 radical (unpaired) electrons. The highest BCUT2D eigenvalue weighted by Crippen LogP contribution is 2.40. The number of nitrogens with zero attached hydrogens (tertiary/aromatic N) is 2. The molecule has 1 amide bonds. The van der Waals surface area contributed by atoms with E-state index in [1.807, 2.05) is 18.2 Å². The summed E-state index contributed by atoms with van der Waals surface area (Å²) in [4.78, 5) is 16.5. The quantitative estimate of drug-likeness (QED) is 0.939. The van der Waals surface area contributed by atoms with Gasteiger partial charge in [0.05, 0.1) is 18.4 Å². The summed E-state index contributed by atoms with van der Waals surface area (Å²) in [7, 11) is 1.58. The summed E-state index contributed by atoms with van der Waals surface area (Å²) in [6, 6.07) is 5.79. The average molecular weight is 288 g/mol. The van der Waals surface area contributed by atoms with Crippen LogP contribution in [-0.4, -0.2) is 41.3 Å². The number of fused-ring (bicyclic) bond motifs is 1. The fourth-order valence-electron chi connectivity index (χ4n) is 2.62. The molecule has 0 saturated carbocycles. The zero-order valence-electron chi connectivity index (χ0n) is 11.7. The van der Waals surface area contributed by atoms with Crippen LogP contribution >= 0.6 is 0 Å². The Kier molecular flexibility index (Phi) is 3.51. The lowest BCUT2D eigenvalue weighted by atomic mass is 9.91. The number of oxazole rings is 1. The highest BCUT2D eigenvalue weighted by atomic mass is 16.5. The molecule has 3 rings (SSSR count). The molecule has 2 heterocycles. The van der Waals surface area contributed by atoms with Gasteiger partial charge in [-0.25, -0.2) is 9.78 Å². The van der Waals surface area contributed by atoms with Crippen molar-refractivity contribution in [1.29, 1.82) is 0 Å². The van der Waals surface area contributed by atoms with E-state index in [0.29, 0.717) is 19.0 Å². The molecule has 21 heavy (non-hydrogen) atoms. The van der Waals surface area contributed by atoms with Gasteiger partial charge in [-0.15, -0.1) is 0 Å². The zero-order valence-corrected chi connectivity index (χ0v) is 11.7. The molecular weight excluding hydrogens is 272 g/mol. The summed E-state index contributed by atoms with van der Waals surface area (Å²) in [5.74, 6) is 1.37. The van der Waals surface area contributed by atoms with E-state index in [-0.39, 0.29) is 5.92 Å². The van der Waals surface area contributed by atoms with Crippen LogP contribution in [0.4, 0.5) is 4.79 Å². The molecule has 2 aromatic rings. The third kappa shape index (κ3) is 2.56. The first-order valence-electron chi connectivity index (χ1n) is 6.76. The van der Waals surface area contributed by atoms with E-state index in [1.54, 1.807) is 13.2 Å². The second kappa shape index (κ2) is 5.47. The number of para-hydroxylation sites is 1. The number of benzene rings is 1. The maximum Gasteiger partial charge on any atom is 0.407 e. The Hall–Kier alpha value is -2.50. The number of hydrogen-bond acceptors (Lipinski definition) is 4. The molecule has 110 valence electrons. The van der Waals surface area contributed by atoms with E-state index < -0.39 is 6.09 Å². The van der Waals surface area contributed by atoms with Gasteiger partial charge in [-0.1, -0.05) is 12.1 Å². The van der Waals surface area contributed by atoms with Crippen molar-refractivity contribution in [2.24, 2.45) is 0 Å². The third-order valence-electron chi connectivity index (χ3n) is 3.68. The second-order valence-electron chi connectivity index (χ2n) is 5.06. The lowest BCUT2D eigenvalue weighted by Crippen LogP contribution is -2.31. The van der Waals surface area contributed by atoms with Gasteiger partial charge in [-0.2, -0.15) is 0 Å². The Balaban J connectivity index is 1.95. The minimum Gasteiger partial charge on any atom is -0.492 e. The van der Waals surface area contributed by atoms with Gasteiger partial charge < -0.3 is 19.2 Å². The van der Waals surface area contributed by atoms with E-state index in [1.165, 1.54) is 11.2 Å². The monoisotopic (exact) mass is 288 g/mol. The maximum absolute atomic E-state index is 11.0. The van der Waals surface area contributed by atoms with E-state index >= 15 is 0 Å². The van der Waals surface area contributed by atoms with Crippen molar-refractivity contribution in [3.05, 3.63) is 36.2 Å². The first-order chi connectivity index (χ1) is 10.2. The second-order valence-corrected chi connectivity index (χ2v) is 5.06. The van der Waals surface area contributed by atoms with Crippen LogP contribution in [0, 0.1) is 0 Å². The minimum absolute atomic E-state index is 0.116. The highest BCUT2D eigenvalue weighted by molar-refractivity contribution is 5.67. The molecule has 0 spiro atoms. The standard InChI is InChI=1S/C15H16N2O4/c1-17(15(18)19)9-10-5-7-20-13-11(10)3-2-4-12(13)14-16-6-8-21-14/h2-4,6,8,10H,5,7,9H2,1H3,(H,18,19). The summed E-state index contributed by atoms with van der Waals surface area (Å²) in [5, 5.41) is 9.04. The molecule has 0 aliphatic carbocycles. The van der Waals surface area contributed by atoms with Crippen molar-refractivity contribution in [3.8, 4) is 17.2 Å². The molecular formula is C15H16N2O4. The lowest BCUT2D eigenvalue weighted by molar-refractivity contribution is 0.149. The molecule has 1 unspecified atom stereocenters. The summed E-state index contributed by atoms with van der Waals surface area (Å²) in [6.07, 6.45) is 2.98. The molecule has 1 N–H and O–H groups in total. The van der Waals surface area contributed by atoms with Crippen LogP contribution in [-0.2, 0) is 0 Å². The van der Waals surface area contributed by atoms with Crippen molar-refractivity contribution < 1.29 is 19.1 Å². The van der Waals surface area contributed by atoms with Crippen molar-refractivity contribution in [3.63, 3.8) is 0 Å². The van der Waals surface area contributed by atoms with E-state index in [2.05, 4.69) is 4.98 Å². The molecule has 0 saturated heterocycles. The van der Waals surface area contributed by atoms with Crippen molar-refractivity contribution in [2.45, 2.75) is 12.3 Å². The normalized spacial score (nSPS) is 16.9. The van der Waals surface area contributed by atoms with Crippen molar-refractivity contribution in [2.75, 3.05) is 20.2 Å². The van der Waals surface area contributed by atoms with Gasteiger partial charge in [0.2, 0.25) is 5.89 Å². The Morgan fingerprint density at radius 2 is 2.38 bits per heavy atom. The molecule has 0 fully saturated rings. The van der Waals surface area contributed by atoms with Gasteiger partial charge in [-0.05, 0) is 18.1 Å². The van der Waals surface area contributed by atoms with Crippen LogP contribution in [0.1, 0.15) is 17.9 Å². The first-order valence-corrected chi connectivity index (χ1v) is 6.76. The Labute approximate surface area is 122 Å². The van der Waals surface area contributed by atoms with Crippen LogP contribution in [0.15, 0.2) is 35.1 Å². The van der Waals surface area contributed by atoms with Crippen molar-refractivity contribution >= 4 is 6.09 Å². The molecule has 0 bridgehead atoms. The van der Waals surface area contributed by atoms with Crippen LogP contribution in [0.3, 0.4) is 0 Å². The molecule has 1 aromatic carbocycles. The largest absolute Gasteiger partial charge is 0.492 e. The number of rotatable bonds is 3. The first kappa shape index (κ1) is 13.5. The smallest absolute Gasteiger partial charge is 0.407 e. The van der Waals surface area contributed by atoms with Crippen LogP contribution in [0.2, 0.25) is 0 Å². The number of ether oxygens (including phenoxy) is 1. The Morgan fingerprint density at radius 1 is 1.52 bits per heavy atom. The van der Waals surface area contributed by atoms with Crippen LogP contribution in [0.5, 0.6) is 5.75 Å². The van der Waals surface area contributed by atoms with Crippen LogP contribution in [0.25, 0.3) is 11.5 Å². The Bertz CT molecular complexity index is 639. The van der Waals surface area contributed by atoms with Gasteiger partial charge in [-0.3, -0.25) is 0 Å². The number of carboxylic acid groups (broad SMARTS) is 1. The highest BCUT2D eigenvalue weighted by Gasteiger charge is 2.27. The van der Waals surface area contributed by atoms with Crippen LogP contribution < -0.4 is 4.74 Å². The third-order valence-corrected chi connectivity index (χ3v) is 3.68. The fourth-order valence-corrected chi connectivity index (χ4v) is 2.62. The SMILES string of the molecule is CN(CC1CCOc2c(-c3ncco3)cccc21)C(=O)O. The van der Waals surface area contributed by atoms with Gasteiger partial charge in [0.25, 0.3) is 0 Å². The van der Waals surface area contributed by atoms with E-state index in [0.717, 1.165) is 23.3 Å². The molecule has 1 aliphatic heterocycles. The number of aromatic nitrogens is 1. The van der Waals surface area contributed by atoms with Crippen molar-refractivity contribution in [1.82, 2.24) is 9.88 Å². The molecule has 1 aliphatic rings. The van der Waals surface area contributed by atoms with Gasteiger partial charge >= 0.3 is 6.09 Å². The molecule has 6 nitrogen and oxygen atoms in total. The molecule has 1 aromatic heterocycles. The predicted octanol–water partition coefficient (Wildman–Crippen LogP) is 2.82. The summed E-state index contributed by atoms with van der Waals surface area (Å²) in [6.45, 7) is 1.00. The number of amides is 1. The zero-order chi connectivity index (χ0) is 14.8. The minimum atomic E-state index is -0.924. The predicted molar refractivity (Wildman–Crippen MR) is 75.4 cm³/mol. The topological polar surface area (TPSA) is 75.8 Å². The van der Waals surface area contributed by atoms with Gasteiger partial charge in [0, 0.05) is 19.5 Å². The van der Waals surface area contributed by atoms with Gasteiger partial charge in [0.1, 0.15) is 12.0 Å². The summed E-state index contributed by atoms with van der Waals surface area (Å²) in [5.41, 5.74) is 1.81. The fraction of sp³-hybridized carbons (Fsp3) is 0.333. The summed E-state index contributed by atoms with van der Waals surface area (Å²) < 4.78 is 11.1. The molecule has 1 atom stereocenters.